The maximum Gasteiger partial charge on any atom is 0.267 e. The third-order valence-electron chi connectivity index (χ3n) is 3.72. The van der Waals surface area contributed by atoms with Gasteiger partial charge in [0, 0.05) is 10.6 Å². The number of amides is 1. The van der Waals surface area contributed by atoms with Crippen molar-refractivity contribution in [1.82, 2.24) is 10.1 Å². The minimum atomic E-state index is -0.535. The number of benzene rings is 2. The van der Waals surface area contributed by atoms with Crippen LogP contribution in [0.25, 0.3) is 11.4 Å². The van der Waals surface area contributed by atoms with E-state index in [0.29, 0.717) is 28.2 Å². The van der Waals surface area contributed by atoms with Gasteiger partial charge in [0.2, 0.25) is 5.82 Å². The van der Waals surface area contributed by atoms with Crippen molar-refractivity contribution >= 4 is 17.5 Å². The second kappa shape index (κ2) is 8.09. The Hall–Kier alpha value is -3.06. The first-order valence-corrected chi connectivity index (χ1v) is 8.58. The largest absolute Gasteiger partial charge is 0.484 e. The van der Waals surface area contributed by atoms with Crippen molar-refractivity contribution in [1.29, 1.82) is 0 Å². The van der Waals surface area contributed by atoms with E-state index >= 15 is 0 Å². The molecule has 0 aliphatic rings. The number of hydrogen-bond donors (Lipinski definition) is 1. The number of aromatic nitrogens is 2. The van der Waals surface area contributed by atoms with Crippen LogP contribution in [0.2, 0.25) is 5.02 Å². The maximum atomic E-state index is 10.7. The SMILES string of the molecule is Cc1cc(Cl)ccc1OC(C)c1nc(-c2ccc(OCC(N)=O)cc2)no1. The van der Waals surface area contributed by atoms with Crippen LogP contribution in [0.15, 0.2) is 47.0 Å². The Balaban J connectivity index is 1.69. The van der Waals surface area contributed by atoms with Crippen LogP contribution in [0.4, 0.5) is 0 Å². The minimum absolute atomic E-state index is 0.176. The number of nitrogens with two attached hydrogens (primary N) is 1. The van der Waals surface area contributed by atoms with Crippen molar-refractivity contribution in [2.45, 2.75) is 20.0 Å². The first-order valence-electron chi connectivity index (χ1n) is 8.20. The van der Waals surface area contributed by atoms with Gasteiger partial charge in [-0.25, -0.2) is 0 Å². The lowest BCUT2D eigenvalue weighted by molar-refractivity contribution is -0.119. The van der Waals surface area contributed by atoms with Gasteiger partial charge < -0.3 is 19.7 Å². The average molecular weight is 388 g/mol. The van der Waals surface area contributed by atoms with Crippen LogP contribution >= 0.6 is 11.6 Å². The average Bonchev–Trinajstić information content (AvgIpc) is 3.13. The van der Waals surface area contributed by atoms with Gasteiger partial charge in [-0.3, -0.25) is 4.79 Å². The van der Waals surface area contributed by atoms with Crippen molar-refractivity contribution < 1.29 is 18.8 Å². The number of primary amides is 1. The fourth-order valence-electron chi connectivity index (χ4n) is 2.36. The number of halogens is 1. The summed E-state index contributed by atoms with van der Waals surface area (Å²) in [6.45, 7) is 3.56. The zero-order valence-corrected chi connectivity index (χ0v) is 15.6. The summed E-state index contributed by atoms with van der Waals surface area (Å²) < 4.78 is 16.4. The predicted molar refractivity (Wildman–Crippen MR) is 99.7 cm³/mol. The normalized spacial score (nSPS) is 11.8. The topological polar surface area (TPSA) is 100 Å². The fraction of sp³-hybridized carbons (Fsp3) is 0.211. The molecule has 7 nitrogen and oxygen atoms in total. The van der Waals surface area contributed by atoms with Gasteiger partial charge in [0.05, 0.1) is 0 Å². The molecule has 0 spiro atoms. The Kier molecular flexibility index (Phi) is 5.61. The molecule has 1 aromatic heterocycles. The molecule has 140 valence electrons. The molecule has 2 N–H and O–H groups in total. The number of rotatable bonds is 7. The van der Waals surface area contributed by atoms with Gasteiger partial charge in [0.1, 0.15) is 11.5 Å². The molecule has 27 heavy (non-hydrogen) atoms. The predicted octanol–water partition coefficient (Wildman–Crippen LogP) is 3.70. The molecule has 0 saturated carbocycles. The first kappa shape index (κ1) is 18.7. The van der Waals surface area contributed by atoms with E-state index in [0.717, 1.165) is 11.1 Å². The number of carbonyl (C=O) groups excluding carboxylic acids is 1. The van der Waals surface area contributed by atoms with Gasteiger partial charge in [-0.15, -0.1) is 0 Å². The molecule has 0 radical (unpaired) electrons. The monoisotopic (exact) mass is 387 g/mol. The summed E-state index contributed by atoms with van der Waals surface area (Å²) in [4.78, 5) is 15.1. The number of aryl methyl sites for hydroxylation is 1. The Morgan fingerprint density at radius 3 is 2.67 bits per heavy atom. The van der Waals surface area contributed by atoms with Gasteiger partial charge >= 0.3 is 0 Å². The van der Waals surface area contributed by atoms with Crippen LogP contribution in [-0.4, -0.2) is 22.7 Å². The lowest BCUT2D eigenvalue weighted by Gasteiger charge is -2.13. The summed E-state index contributed by atoms with van der Waals surface area (Å²) in [7, 11) is 0. The molecule has 1 atom stereocenters. The zero-order valence-electron chi connectivity index (χ0n) is 14.8. The fourth-order valence-corrected chi connectivity index (χ4v) is 2.58. The highest BCUT2D eigenvalue weighted by Crippen LogP contribution is 2.28. The van der Waals surface area contributed by atoms with E-state index in [1.54, 1.807) is 36.4 Å². The molecule has 0 aliphatic carbocycles. The Morgan fingerprint density at radius 2 is 2.00 bits per heavy atom. The quantitative estimate of drug-likeness (QED) is 0.663. The van der Waals surface area contributed by atoms with Gasteiger partial charge in [0.15, 0.2) is 12.7 Å². The molecule has 8 heteroatoms. The number of carbonyl (C=O) groups is 1. The lowest BCUT2D eigenvalue weighted by Crippen LogP contribution is -2.19. The molecule has 1 unspecified atom stereocenters. The summed E-state index contributed by atoms with van der Waals surface area (Å²) in [6, 6.07) is 12.3. The van der Waals surface area contributed by atoms with Crippen molar-refractivity contribution in [3.8, 4) is 22.9 Å². The molecular formula is C19H18ClN3O4. The van der Waals surface area contributed by atoms with E-state index in [-0.39, 0.29) is 6.61 Å². The number of hydrogen-bond acceptors (Lipinski definition) is 6. The van der Waals surface area contributed by atoms with E-state index < -0.39 is 12.0 Å². The molecule has 0 aliphatic heterocycles. The molecule has 1 amide bonds. The van der Waals surface area contributed by atoms with E-state index in [4.69, 9.17) is 31.3 Å². The van der Waals surface area contributed by atoms with Crippen molar-refractivity contribution in [3.63, 3.8) is 0 Å². The molecule has 0 fully saturated rings. The van der Waals surface area contributed by atoms with E-state index in [2.05, 4.69) is 10.1 Å². The summed E-state index contributed by atoms with van der Waals surface area (Å²) in [6.07, 6.45) is -0.427. The zero-order chi connectivity index (χ0) is 19.4. The van der Waals surface area contributed by atoms with Gasteiger partial charge in [0.25, 0.3) is 11.8 Å². The van der Waals surface area contributed by atoms with Crippen LogP contribution in [0.5, 0.6) is 11.5 Å². The third-order valence-corrected chi connectivity index (χ3v) is 3.96. The molecule has 0 saturated heterocycles. The van der Waals surface area contributed by atoms with Crippen molar-refractivity contribution in [2.24, 2.45) is 5.73 Å². The maximum absolute atomic E-state index is 10.7. The molecule has 3 rings (SSSR count). The standard InChI is InChI=1S/C19H18ClN3O4/c1-11-9-14(20)5-8-16(11)26-12(2)19-22-18(23-27-19)13-3-6-15(7-4-13)25-10-17(21)24/h3-9,12H,10H2,1-2H3,(H2,21,24). The number of nitrogens with zero attached hydrogens (tertiary/aromatic N) is 2. The van der Waals surface area contributed by atoms with Gasteiger partial charge in [-0.2, -0.15) is 4.98 Å². The van der Waals surface area contributed by atoms with E-state index in [1.807, 2.05) is 19.9 Å². The number of ether oxygens (including phenoxy) is 2. The van der Waals surface area contributed by atoms with Gasteiger partial charge in [-0.1, -0.05) is 16.8 Å². The summed E-state index contributed by atoms with van der Waals surface area (Å²) in [5.41, 5.74) is 6.71. The van der Waals surface area contributed by atoms with Crippen LogP contribution in [0.1, 0.15) is 24.5 Å². The van der Waals surface area contributed by atoms with Crippen LogP contribution in [0.3, 0.4) is 0 Å². The van der Waals surface area contributed by atoms with E-state index in [9.17, 15) is 4.79 Å². The first-order chi connectivity index (χ1) is 12.9. The Morgan fingerprint density at radius 1 is 1.26 bits per heavy atom. The minimum Gasteiger partial charge on any atom is -0.484 e. The van der Waals surface area contributed by atoms with Crippen LogP contribution in [0, 0.1) is 6.92 Å². The molecule has 2 aromatic carbocycles. The second-order valence-corrected chi connectivity index (χ2v) is 6.34. The summed E-state index contributed by atoms with van der Waals surface area (Å²) in [5.74, 6) is 1.47. The van der Waals surface area contributed by atoms with Crippen molar-refractivity contribution in [3.05, 3.63) is 58.9 Å². The van der Waals surface area contributed by atoms with Crippen molar-refractivity contribution in [2.75, 3.05) is 6.61 Å². The molecule has 1 heterocycles. The highest BCUT2D eigenvalue weighted by Gasteiger charge is 2.18. The smallest absolute Gasteiger partial charge is 0.267 e. The summed E-state index contributed by atoms with van der Waals surface area (Å²) in [5, 5.41) is 4.64. The lowest BCUT2D eigenvalue weighted by atomic mass is 10.2. The second-order valence-electron chi connectivity index (χ2n) is 5.91. The Labute approximate surface area is 161 Å². The third kappa shape index (κ3) is 4.77. The molecular weight excluding hydrogens is 370 g/mol. The van der Waals surface area contributed by atoms with Gasteiger partial charge in [-0.05, 0) is 61.9 Å². The summed E-state index contributed by atoms with van der Waals surface area (Å²) >= 11 is 5.96. The van der Waals surface area contributed by atoms with E-state index in [1.165, 1.54) is 0 Å². The van der Waals surface area contributed by atoms with Crippen LogP contribution < -0.4 is 15.2 Å². The highest BCUT2D eigenvalue weighted by molar-refractivity contribution is 6.30. The highest BCUT2D eigenvalue weighted by atomic mass is 35.5. The molecule has 0 bridgehead atoms. The van der Waals surface area contributed by atoms with Crippen LogP contribution in [-0.2, 0) is 4.79 Å². The molecule has 3 aromatic rings. The Bertz CT molecular complexity index is 940.